The van der Waals surface area contributed by atoms with E-state index in [1.54, 1.807) is 0 Å². The van der Waals surface area contributed by atoms with E-state index >= 15 is 0 Å². The minimum absolute atomic E-state index is 0.0984. The largest absolute Gasteiger partial charge is 0.462 e. The highest BCUT2D eigenvalue weighted by Gasteiger charge is 2.31. The van der Waals surface area contributed by atoms with Gasteiger partial charge in [-0.15, -0.1) is 0 Å². The third kappa shape index (κ3) is 7.10. The molecule has 2 N–H and O–H groups in total. The van der Waals surface area contributed by atoms with Gasteiger partial charge in [-0.05, 0) is 40.5 Å². The van der Waals surface area contributed by atoms with Crippen LogP contribution in [0.1, 0.15) is 53.4 Å². The minimum Gasteiger partial charge on any atom is -0.462 e. The van der Waals surface area contributed by atoms with Gasteiger partial charge in [0, 0.05) is 11.5 Å². The standard InChI is InChI=1S/C8H15NO.C5H10O2/c1-8(9)5-3-2-4-7(8)6-10;1-5(2,3)7-4-6/h6-7H,2-5,9H2,1H3;4H,1-3H3. The van der Waals surface area contributed by atoms with Crippen LogP contribution in [0.3, 0.4) is 0 Å². The first-order valence-electron chi connectivity index (χ1n) is 6.08. The van der Waals surface area contributed by atoms with Crippen molar-refractivity contribution in [3.8, 4) is 0 Å². The molecule has 2 atom stereocenters. The van der Waals surface area contributed by atoms with Gasteiger partial charge >= 0.3 is 0 Å². The number of aldehydes is 1. The first-order valence-corrected chi connectivity index (χ1v) is 6.08. The molecule has 0 spiro atoms. The quantitative estimate of drug-likeness (QED) is 0.754. The summed E-state index contributed by atoms with van der Waals surface area (Å²) in [5.74, 6) is 0.0984. The molecule has 0 bridgehead atoms. The van der Waals surface area contributed by atoms with Crippen LogP contribution in [0.25, 0.3) is 0 Å². The number of ether oxygens (including phenoxy) is 1. The molecule has 4 heteroatoms. The van der Waals surface area contributed by atoms with Gasteiger partial charge in [0.1, 0.15) is 11.9 Å². The average molecular weight is 243 g/mol. The molecular weight excluding hydrogens is 218 g/mol. The van der Waals surface area contributed by atoms with Gasteiger partial charge in [0.2, 0.25) is 0 Å². The van der Waals surface area contributed by atoms with Crippen LogP contribution in [0.4, 0.5) is 0 Å². The van der Waals surface area contributed by atoms with Gasteiger partial charge in [0.15, 0.2) is 0 Å². The summed E-state index contributed by atoms with van der Waals surface area (Å²) in [6.45, 7) is 7.90. The van der Waals surface area contributed by atoms with E-state index in [-0.39, 0.29) is 17.1 Å². The van der Waals surface area contributed by atoms with E-state index in [0.717, 1.165) is 25.5 Å². The number of carbonyl (C=O) groups is 2. The zero-order valence-electron chi connectivity index (χ0n) is 11.4. The fraction of sp³-hybridized carbons (Fsp3) is 0.846. The van der Waals surface area contributed by atoms with Gasteiger partial charge in [-0.3, -0.25) is 4.79 Å². The van der Waals surface area contributed by atoms with Crippen molar-refractivity contribution in [2.75, 3.05) is 0 Å². The normalized spacial score (nSPS) is 28.6. The third-order valence-corrected chi connectivity index (χ3v) is 2.89. The molecule has 0 heterocycles. The van der Waals surface area contributed by atoms with Crippen LogP contribution in [0, 0.1) is 5.92 Å². The van der Waals surface area contributed by atoms with Crippen LogP contribution in [-0.4, -0.2) is 23.9 Å². The second-order valence-corrected chi connectivity index (χ2v) is 5.82. The summed E-state index contributed by atoms with van der Waals surface area (Å²) >= 11 is 0. The maximum atomic E-state index is 10.5. The van der Waals surface area contributed by atoms with Crippen LogP contribution in [0.5, 0.6) is 0 Å². The molecule has 1 fully saturated rings. The Bertz CT molecular complexity index is 244. The number of carbonyl (C=O) groups excluding carboxylic acids is 2. The Morgan fingerprint density at radius 1 is 1.29 bits per heavy atom. The summed E-state index contributed by atoms with van der Waals surface area (Å²) in [6, 6.07) is 0. The highest BCUT2D eigenvalue weighted by Crippen LogP contribution is 2.29. The molecule has 0 saturated heterocycles. The Labute approximate surface area is 104 Å². The molecule has 1 rings (SSSR count). The zero-order valence-corrected chi connectivity index (χ0v) is 11.4. The lowest BCUT2D eigenvalue weighted by molar-refractivity contribution is -0.138. The summed E-state index contributed by atoms with van der Waals surface area (Å²) in [4.78, 5) is 20.1. The van der Waals surface area contributed by atoms with Crippen molar-refractivity contribution in [3.63, 3.8) is 0 Å². The summed E-state index contributed by atoms with van der Waals surface area (Å²) in [5, 5.41) is 0. The number of rotatable bonds is 2. The maximum Gasteiger partial charge on any atom is 0.293 e. The van der Waals surface area contributed by atoms with Gasteiger partial charge in [0.05, 0.1) is 0 Å². The molecule has 0 amide bonds. The molecule has 0 aromatic rings. The van der Waals surface area contributed by atoms with Gasteiger partial charge in [0.25, 0.3) is 6.47 Å². The lowest BCUT2D eigenvalue weighted by Crippen LogP contribution is -2.46. The molecule has 0 radical (unpaired) electrons. The second kappa shape index (κ2) is 6.74. The van der Waals surface area contributed by atoms with Crippen molar-refractivity contribution in [1.29, 1.82) is 0 Å². The van der Waals surface area contributed by atoms with Crippen LogP contribution in [0.15, 0.2) is 0 Å². The maximum absolute atomic E-state index is 10.5. The highest BCUT2D eigenvalue weighted by atomic mass is 16.5. The van der Waals surface area contributed by atoms with Gasteiger partial charge in [-0.25, -0.2) is 0 Å². The lowest BCUT2D eigenvalue weighted by atomic mass is 9.75. The second-order valence-electron chi connectivity index (χ2n) is 5.82. The Kier molecular flexibility index (Phi) is 6.39. The zero-order chi connectivity index (χ0) is 13.5. The molecule has 100 valence electrons. The summed E-state index contributed by atoms with van der Waals surface area (Å²) < 4.78 is 4.55. The fourth-order valence-corrected chi connectivity index (χ4v) is 1.75. The highest BCUT2D eigenvalue weighted by molar-refractivity contribution is 5.56. The van der Waals surface area contributed by atoms with E-state index in [1.165, 1.54) is 6.42 Å². The molecule has 1 aliphatic rings. The predicted octanol–water partition coefficient (Wildman–Crippen LogP) is 2.05. The van der Waals surface area contributed by atoms with E-state index in [0.29, 0.717) is 6.47 Å². The molecule has 17 heavy (non-hydrogen) atoms. The molecule has 0 aromatic heterocycles. The van der Waals surface area contributed by atoms with Crippen molar-refractivity contribution in [2.24, 2.45) is 11.7 Å². The topological polar surface area (TPSA) is 69.4 Å². The van der Waals surface area contributed by atoms with E-state index in [4.69, 9.17) is 5.73 Å². The number of nitrogens with two attached hydrogens (primary N) is 1. The van der Waals surface area contributed by atoms with Crippen molar-refractivity contribution in [2.45, 2.75) is 64.5 Å². The Morgan fingerprint density at radius 2 is 1.88 bits per heavy atom. The monoisotopic (exact) mass is 243 g/mol. The molecule has 0 aromatic carbocycles. The molecule has 0 aliphatic heterocycles. The molecule has 4 nitrogen and oxygen atoms in total. The van der Waals surface area contributed by atoms with Crippen LogP contribution in [-0.2, 0) is 14.3 Å². The molecule has 1 saturated carbocycles. The number of hydrogen-bond acceptors (Lipinski definition) is 4. The number of hydrogen-bond donors (Lipinski definition) is 1. The van der Waals surface area contributed by atoms with Crippen molar-refractivity contribution >= 4 is 12.8 Å². The SMILES string of the molecule is CC(C)(C)OC=O.CC1(N)CCCCC1C=O. The predicted molar refractivity (Wildman–Crippen MR) is 67.5 cm³/mol. The third-order valence-electron chi connectivity index (χ3n) is 2.89. The Morgan fingerprint density at radius 3 is 2.12 bits per heavy atom. The molecule has 2 unspecified atom stereocenters. The summed E-state index contributed by atoms with van der Waals surface area (Å²) in [7, 11) is 0. The minimum atomic E-state index is -0.318. The first-order chi connectivity index (χ1) is 7.73. The first kappa shape index (κ1) is 16.1. The Balaban J connectivity index is 0.000000325. The van der Waals surface area contributed by atoms with E-state index in [1.807, 2.05) is 27.7 Å². The lowest BCUT2D eigenvalue weighted by Gasteiger charge is -2.34. The van der Waals surface area contributed by atoms with Gasteiger partial charge in [-0.2, -0.15) is 0 Å². The van der Waals surface area contributed by atoms with Gasteiger partial charge in [-0.1, -0.05) is 12.8 Å². The van der Waals surface area contributed by atoms with Crippen molar-refractivity contribution in [1.82, 2.24) is 0 Å². The Hall–Kier alpha value is -0.900. The average Bonchev–Trinajstić information content (AvgIpc) is 2.16. The van der Waals surface area contributed by atoms with Crippen LogP contribution < -0.4 is 5.73 Å². The van der Waals surface area contributed by atoms with Crippen molar-refractivity contribution < 1.29 is 14.3 Å². The molecule has 1 aliphatic carbocycles. The van der Waals surface area contributed by atoms with Crippen LogP contribution >= 0.6 is 0 Å². The summed E-state index contributed by atoms with van der Waals surface area (Å²) in [5.41, 5.74) is 5.36. The fourth-order valence-electron chi connectivity index (χ4n) is 1.75. The van der Waals surface area contributed by atoms with E-state index < -0.39 is 0 Å². The van der Waals surface area contributed by atoms with Crippen molar-refractivity contribution in [3.05, 3.63) is 0 Å². The van der Waals surface area contributed by atoms with Gasteiger partial charge < -0.3 is 15.3 Å². The van der Waals surface area contributed by atoms with E-state index in [2.05, 4.69) is 4.74 Å². The smallest absolute Gasteiger partial charge is 0.293 e. The van der Waals surface area contributed by atoms with E-state index in [9.17, 15) is 9.59 Å². The molecular formula is C13H25NO3. The van der Waals surface area contributed by atoms with Crippen LogP contribution in [0.2, 0.25) is 0 Å². The summed E-state index contributed by atoms with van der Waals surface area (Å²) in [6.07, 6.45) is 5.33.